The molecule has 13 heteroatoms. The first-order valence-electron chi connectivity index (χ1n) is 9.90. The van der Waals surface area contributed by atoms with Gasteiger partial charge in [-0.1, -0.05) is 65.7 Å². The number of nitrogens with one attached hydrogen (secondary N) is 2. The lowest BCUT2D eigenvalue weighted by Gasteiger charge is -2.18. The zero-order chi connectivity index (χ0) is 27.3. The number of hydrogen-bond acceptors (Lipinski definition) is 2. The van der Waals surface area contributed by atoms with Crippen molar-refractivity contribution in [3.63, 3.8) is 0 Å². The van der Waals surface area contributed by atoms with E-state index in [1.165, 1.54) is 30.4 Å². The Kier molecular flexibility index (Phi) is 9.87. The molecule has 36 heavy (non-hydrogen) atoms. The Bertz CT molecular complexity index is 1160. The Morgan fingerprint density at radius 1 is 0.972 bits per heavy atom. The highest BCUT2D eigenvalue weighted by atomic mass is 35.5. The molecule has 194 valence electrons. The van der Waals surface area contributed by atoms with E-state index in [0.717, 1.165) is 18.2 Å². The highest BCUT2D eigenvalue weighted by molar-refractivity contribution is 6.48. The van der Waals surface area contributed by atoms with Gasteiger partial charge in [-0.25, -0.2) is 0 Å². The molecule has 0 saturated heterocycles. The lowest BCUT2D eigenvalue weighted by molar-refractivity contribution is -0.139. The van der Waals surface area contributed by atoms with E-state index in [4.69, 9.17) is 34.8 Å². The summed E-state index contributed by atoms with van der Waals surface area (Å²) < 4.78 is 77.6. The molecule has 0 saturated carbocycles. The SMILES string of the molecule is C=Cc1cc(/C=C/C(c2cc(Cl)c(Cl)c(Cl)c2)C(F)(F)F)ccc1C(=O)NCC(=O)NCC(F)(F)F. The van der Waals surface area contributed by atoms with Crippen LogP contribution in [0.25, 0.3) is 12.2 Å². The van der Waals surface area contributed by atoms with Crippen molar-refractivity contribution < 1.29 is 35.9 Å². The Labute approximate surface area is 216 Å². The molecule has 1 atom stereocenters. The molecule has 0 aliphatic carbocycles. The number of benzene rings is 2. The van der Waals surface area contributed by atoms with Crippen molar-refractivity contribution in [1.82, 2.24) is 10.6 Å². The van der Waals surface area contributed by atoms with E-state index >= 15 is 0 Å². The molecule has 0 spiro atoms. The molecule has 0 aromatic heterocycles. The van der Waals surface area contributed by atoms with E-state index in [9.17, 15) is 35.9 Å². The third kappa shape index (κ3) is 8.46. The summed E-state index contributed by atoms with van der Waals surface area (Å²) in [5, 5.41) is 3.42. The van der Waals surface area contributed by atoms with Crippen LogP contribution in [-0.4, -0.2) is 37.3 Å². The topological polar surface area (TPSA) is 58.2 Å². The van der Waals surface area contributed by atoms with Crippen molar-refractivity contribution in [2.24, 2.45) is 0 Å². The van der Waals surface area contributed by atoms with Crippen LogP contribution >= 0.6 is 34.8 Å². The zero-order valence-electron chi connectivity index (χ0n) is 18.0. The molecule has 0 aliphatic rings. The minimum Gasteiger partial charge on any atom is -0.345 e. The van der Waals surface area contributed by atoms with Crippen molar-refractivity contribution in [1.29, 1.82) is 0 Å². The van der Waals surface area contributed by atoms with Gasteiger partial charge in [0, 0.05) is 5.56 Å². The number of rotatable bonds is 8. The molecule has 2 N–H and O–H groups in total. The van der Waals surface area contributed by atoms with Crippen LogP contribution in [0.3, 0.4) is 0 Å². The van der Waals surface area contributed by atoms with Crippen LogP contribution in [0.15, 0.2) is 43.0 Å². The largest absolute Gasteiger partial charge is 0.405 e. The van der Waals surface area contributed by atoms with Gasteiger partial charge in [0.15, 0.2) is 0 Å². The Balaban J connectivity index is 2.21. The molecule has 4 nitrogen and oxygen atoms in total. The maximum atomic E-state index is 13.7. The van der Waals surface area contributed by atoms with Crippen LogP contribution in [0.2, 0.25) is 15.1 Å². The standard InChI is InChI=1S/C23H17Cl3F6N2O2/c1-2-13-7-12(3-5-15(13)21(36)33-10-19(35)34-11-22(27,28)29)4-6-16(23(30,31)32)14-8-17(24)20(26)18(25)9-14/h2-9,16H,1,10-11H2,(H,33,36)(H,34,35)/b6-4+. The fraction of sp³-hybridized carbons (Fsp3) is 0.217. The number of alkyl halides is 6. The smallest absolute Gasteiger partial charge is 0.345 e. The van der Waals surface area contributed by atoms with Crippen LogP contribution < -0.4 is 10.6 Å². The fourth-order valence-electron chi connectivity index (χ4n) is 2.95. The third-order valence-electron chi connectivity index (χ3n) is 4.63. The quantitative estimate of drug-likeness (QED) is 0.263. The number of carbonyl (C=O) groups excluding carboxylic acids is 2. The summed E-state index contributed by atoms with van der Waals surface area (Å²) in [6.07, 6.45) is -5.98. The number of halogens is 9. The van der Waals surface area contributed by atoms with Gasteiger partial charge in [-0.3, -0.25) is 9.59 Å². The minimum atomic E-state index is -4.69. The van der Waals surface area contributed by atoms with E-state index in [0.29, 0.717) is 0 Å². The van der Waals surface area contributed by atoms with Crippen LogP contribution in [0.4, 0.5) is 26.3 Å². The fourth-order valence-corrected chi connectivity index (χ4v) is 3.56. The number of carbonyl (C=O) groups is 2. The second-order valence-corrected chi connectivity index (χ2v) is 8.49. The Morgan fingerprint density at radius 2 is 1.58 bits per heavy atom. The monoisotopic (exact) mass is 572 g/mol. The zero-order valence-corrected chi connectivity index (χ0v) is 20.3. The molecule has 0 fully saturated rings. The van der Waals surface area contributed by atoms with Crippen molar-refractivity contribution >= 4 is 58.8 Å². The van der Waals surface area contributed by atoms with Gasteiger partial charge in [-0.05, 0) is 41.0 Å². The number of hydrogen-bond donors (Lipinski definition) is 2. The average Bonchev–Trinajstić information content (AvgIpc) is 2.78. The van der Waals surface area contributed by atoms with Crippen molar-refractivity contribution in [3.05, 3.63) is 80.3 Å². The Morgan fingerprint density at radius 3 is 2.11 bits per heavy atom. The highest BCUT2D eigenvalue weighted by Gasteiger charge is 2.39. The van der Waals surface area contributed by atoms with E-state index in [-0.39, 0.29) is 37.3 Å². The molecule has 1 unspecified atom stereocenters. The summed E-state index contributed by atoms with van der Waals surface area (Å²) in [5.41, 5.74) is 0.271. The second-order valence-electron chi connectivity index (χ2n) is 7.30. The molecule has 0 heterocycles. The first-order valence-corrected chi connectivity index (χ1v) is 11.0. The summed E-state index contributed by atoms with van der Waals surface area (Å²) in [7, 11) is 0. The predicted octanol–water partition coefficient (Wildman–Crippen LogP) is 7.06. The average molecular weight is 574 g/mol. The lowest BCUT2D eigenvalue weighted by Crippen LogP contribution is -2.41. The predicted molar refractivity (Wildman–Crippen MR) is 127 cm³/mol. The van der Waals surface area contributed by atoms with Crippen LogP contribution in [0.1, 0.15) is 33.0 Å². The normalized spacial score (nSPS) is 12.9. The van der Waals surface area contributed by atoms with E-state index in [1.807, 2.05) is 0 Å². The molecule has 2 rings (SSSR count). The summed E-state index contributed by atoms with van der Waals surface area (Å²) in [5.74, 6) is -3.92. The molecule has 0 aliphatic heterocycles. The minimum absolute atomic E-state index is 0.00871. The molecule has 2 aromatic rings. The van der Waals surface area contributed by atoms with Gasteiger partial charge >= 0.3 is 12.4 Å². The van der Waals surface area contributed by atoms with Gasteiger partial charge in [0.2, 0.25) is 5.91 Å². The Hall–Kier alpha value is -2.69. The van der Waals surface area contributed by atoms with Crippen LogP contribution in [0.5, 0.6) is 0 Å². The van der Waals surface area contributed by atoms with Gasteiger partial charge in [0.05, 0.1) is 27.5 Å². The number of allylic oxidation sites excluding steroid dienone is 1. The van der Waals surface area contributed by atoms with E-state index < -0.39 is 43.2 Å². The molecular formula is C23H17Cl3F6N2O2. The van der Waals surface area contributed by atoms with Gasteiger partial charge in [0.1, 0.15) is 6.54 Å². The number of amides is 2. The first kappa shape index (κ1) is 29.5. The summed E-state index contributed by atoms with van der Waals surface area (Å²) >= 11 is 17.6. The summed E-state index contributed by atoms with van der Waals surface area (Å²) in [6.45, 7) is 1.28. The van der Waals surface area contributed by atoms with Crippen LogP contribution in [-0.2, 0) is 4.79 Å². The summed E-state index contributed by atoms with van der Waals surface area (Å²) in [4.78, 5) is 23.8. The van der Waals surface area contributed by atoms with Gasteiger partial charge in [-0.15, -0.1) is 0 Å². The highest BCUT2D eigenvalue weighted by Crippen LogP contribution is 2.41. The third-order valence-corrected chi connectivity index (χ3v) is 5.83. The molecule has 2 aromatic carbocycles. The first-order chi connectivity index (χ1) is 16.6. The van der Waals surface area contributed by atoms with Crippen molar-refractivity contribution in [2.45, 2.75) is 18.3 Å². The van der Waals surface area contributed by atoms with Crippen molar-refractivity contribution in [3.8, 4) is 0 Å². The van der Waals surface area contributed by atoms with Crippen LogP contribution in [0, 0.1) is 0 Å². The van der Waals surface area contributed by atoms with Gasteiger partial charge < -0.3 is 10.6 Å². The molecular weight excluding hydrogens is 557 g/mol. The maximum absolute atomic E-state index is 13.7. The van der Waals surface area contributed by atoms with E-state index in [1.54, 1.807) is 5.32 Å². The lowest BCUT2D eigenvalue weighted by atomic mass is 9.96. The molecule has 0 bridgehead atoms. The van der Waals surface area contributed by atoms with Gasteiger partial charge in [0.25, 0.3) is 5.91 Å². The van der Waals surface area contributed by atoms with Crippen molar-refractivity contribution in [2.75, 3.05) is 13.1 Å². The maximum Gasteiger partial charge on any atom is 0.405 e. The molecule has 0 radical (unpaired) electrons. The summed E-state index contributed by atoms with van der Waals surface area (Å²) in [6, 6.07) is 6.12. The van der Waals surface area contributed by atoms with Gasteiger partial charge in [-0.2, -0.15) is 26.3 Å². The second kappa shape index (κ2) is 12.0. The molecule has 2 amide bonds. The van der Waals surface area contributed by atoms with E-state index in [2.05, 4.69) is 11.9 Å².